The van der Waals surface area contributed by atoms with Crippen LogP contribution in [0.25, 0.3) is 10.8 Å². The monoisotopic (exact) mass is 582 g/mol. The van der Waals surface area contributed by atoms with E-state index in [4.69, 9.17) is 31.5 Å². The molecule has 9 nitrogen and oxygen atoms in total. The van der Waals surface area contributed by atoms with Crippen molar-refractivity contribution in [3.63, 3.8) is 0 Å². The Morgan fingerprint density at radius 3 is 1.74 bits per heavy atom. The Morgan fingerprint density at radius 1 is 0.810 bits per heavy atom. The Labute approximate surface area is 248 Å². The van der Waals surface area contributed by atoms with Crippen molar-refractivity contribution in [3.8, 4) is 5.75 Å². The zero-order valence-electron chi connectivity index (χ0n) is 24.7. The lowest BCUT2D eigenvalue weighted by Gasteiger charge is -2.08. The van der Waals surface area contributed by atoms with Gasteiger partial charge in [-0.3, -0.25) is 9.59 Å². The highest BCUT2D eigenvalue weighted by atomic mass is 16.5. The van der Waals surface area contributed by atoms with Crippen LogP contribution in [0.3, 0.4) is 0 Å². The first-order chi connectivity index (χ1) is 19.9. The summed E-state index contributed by atoms with van der Waals surface area (Å²) in [6.45, 7) is 3.06. The molecule has 1 unspecified atom stereocenters. The Bertz CT molecular complexity index is 1220. The summed E-state index contributed by atoms with van der Waals surface area (Å²) in [6.07, 6.45) is 4.26. The number of benzene rings is 3. The van der Waals surface area contributed by atoms with Crippen LogP contribution in [-0.2, 0) is 9.59 Å². The van der Waals surface area contributed by atoms with E-state index in [-0.39, 0.29) is 30.1 Å². The highest BCUT2D eigenvalue weighted by molar-refractivity contribution is 5.86. The van der Waals surface area contributed by atoms with Gasteiger partial charge in [0.1, 0.15) is 11.9 Å². The van der Waals surface area contributed by atoms with Gasteiger partial charge in [0.05, 0.1) is 25.2 Å². The third-order valence-corrected chi connectivity index (χ3v) is 7.33. The fourth-order valence-corrected chi connectivity index (χ4v) is 4.63. The number of ether oxygens (including phenoxy) is 1. The second kappa shape index (κ2) is 17.6. The first-order valence-corrected chi connectivity index (χ1v) is 14.3. The number of fused-ring (bicyclic) bond motifs is 1. The van der Waals surface area contributed by atoms with E-state index < -0.39 is 18.0 Å². The van der Waals surface area contributed by atoms with E-state index in [1.165, 1.54) is 6.92 Å². The SMILES string of the molecule is CC(=O)C(O)c1ccccc1.COc1ccc2cc([C@H](C)C(=O)O)ccc2c1.N[C@H]1CC[C@@H](O)C1.N[C@H]1CC[C@@H](O)C1. The molecule has 0 spiro atoms. The summed E-state index contributed by atoms with van der Waals surface area (Å²) in [5.74, 6) is -0.716. The van der Waals surface area contributed by atoms with Gasteiger partial charge in [-0.1, -0.05) is 54.6 Å². The maximum absolute atomic E-state index is 10.9. The van der Waals surface area contributed by atoms with E-state index in [1.807, 2.05) is 42.5 Å². The van der Waals surface area contributed by atoms with Gasteiger partial charge < -0.3 is 36.6 Å². The Morgan fingerprint density at radius 2 is 1.33 bits per heavy atom. The number of Topliss-reactive ketones (excluding diaryl/α,β-unsaturated/α-hetero) is 1. The third-order valence-electron chi connectivity index (χ3n) is 7.33. The number of hydrogen-bond donors (Lipinski definition) is 6. The van der Waals surface area contributed by atoms with Crippen molar-refractivity contribution >= 4 is 22.5 Å². The minimum Gasteiger partial charge on any atom is -0.497 e. The predicted octanol–water partition coefficient (Wildman–Crippen LogP) is 4.06. The van der Waals surface area contributed by atoms with E-state index in [9.17, 15) is 14.7 Å². The van der Waals surface area contributed by atoms with Crippen LogP contribution in [0, 0.1) is 0 Å². The van der Waals surface area contributed by atoms with E-state index >= 15 is 0 Å². The molecule has 0 aliphatic heterocycles. The summed E-state index contributed by atoms with van der Waals surface area (Å²) >= 11 is 0. The third kappa shape index (κ3) is 11.9. The number of ketones is 1. The molecule has 2 aliphatic rings. The summed E-state index contributed by atoms with van der Waals surface area (Å²) in [6, 6.07) is 20.9. The van der Waals surface area contributed by atoms with Gasteiger partial charge in [-0.15, -0.1) is 0 Å². The van der Waals surface area contributed by atoms with E-state index in [0.29, 0.717) is 5.56 Å². The van der Waals surface area contributed by atoms with E-state index in [1.54, 1.807) is 38.3 Å². The molecule has 230 valence electrons. The second-order valence-electron chi connectivity index (χ2n) is 10.9. The van der Waals surface area contributed by atoms with Gasteiger partial charge in [0.2, 0.25) is 0 Å². The number of carboxylic acid groups (broad SMARTS) is 1. The molecule has 0 saturated heterocycles. The highest BCUT2D eigenvalue weighted by Gasteiger charge is 2.19. The van der Waals surface area contributed by atoms with Crippen LogP contribution in [-0.4, -0.2) is 63.6 Å². The standard InChI is InChI=1S/C14H14O3.C9H10O2.2C5H11NO/c1-9(14(15)16)10-3-4-12-8-13(17-2)6-5-11(12)7-10;1-7(10)9(11)8-5-3-2-4-6-8;2*6-4-1-2-5(7)3-4/h3-9H,1-2H3,(H,15,16);2-6,9,11H,1H3;2*4-5,7H,1-3,6H2/t9-;;2*4-,5+/m0.00/s1. The van der Waals surface area contributed by atoms with Gasteiger partial charge in [0.25, 0.3) is 0 Å². The number of aliphatic hydroxyl groups is 3. The average molecular weight is 583 g/mol. The molecule has 0 radical (unpaired) electrons. The van der Waals surface area contributed by atoms with Crippen LogP contribution in [0.1, 0.15) is 75.5 Å². The molecule has 2 aliphatic carbocycles. The average Bonchev–Trinajstić information content (AvgIpc) is 3.57. The van der Waals surface area contributed by atoms with Crippen LogP contribution in [0.15, 0.2) is 66.7 Å². The topological polar surface area (TPSA) is 176 Å². The Hall–Kier alpha value is -3.34. The Balaban J connectivity index is 0.000000211. The van der Waals surface area contributed by atoms with Gasteiger partial charge in [-0.25, -0.2) is 0 Å². The number of carboxylic acids is 1. The molecule has 0 aromatic heterocycles. The van der Waals surface area contributed by atoms with Crippen LogP contribution in [0.4, 0.5) is 0 Å². The van der Waals surface area contributed by atoms with Gasteiger partial charge in [-0.2, -0.15) is 0 Å². The van der Waals surface area contributed by atoms with Crippen molar-refractivity contribution in [1.82, 2.24) is 0 Å². The number of rotatable bonds is 5. The summed E-state index contributed by atoms with van der Waals surface area (Å²) < 4.78 is 5.14. The van der Waals surface area contributed by atoms with Crippen LogP contribution >= 0.6 is 0 Å². The number of methoxy groups -OCH3 is 1. The van der Waals surface area contributed by atoms with Crippen molar-refractivity contribution < 1.29 is 34.8 Å². The molecule has 0 bridgehead atoms. The maximum Gasteiger partial charge on any atom is 0.310 e. The molecule has 3 aromatic carbocycles. The smallest absolute Gasteiger partial charge is 0.310 e. The number of carbonyl (C=O) groups excluding carboxylic acids is 1. The van der Waals surface area contributed by atoms with E-state index in [2.05, 4.69) is 0 Å². The molecule has 42 heavy (non-hydrogen) atoms. The summed E-state index contributed by atoms with van der Waals surface area (Å²) in [5, 5.41) is 37.9. The first-order valence-electron chi connectivity index (χ1n) is 14.3. The summed E-state index contributed by atoms with van der Waals surface area (Å²) in [7, 11) is 1.63. The minimum absolute atomic E-state index is 0.102. The van der Waals surface area contributed by atoms with Crippen LogP contribution in [0.2, 0.25) is 0 Å². The highest BCUT2D eigenvalue weighted by Crippen LogP contribution is 2.25. The minimum atomic E-state index is -0.962. The molecule has 6 atom stereocenters. The van der Waals surface area contributed by atoms with Crippen molar-refractivity contribution in [3.05, 3.63) is 77.9 Å². The van der Waals surface area contributed by atoms with Crippen molar-refractivity contribution in [2.45, 2.75) is 88.7 Å². The van der Waals surface area contributed by atoms with Gasteiger partial charge in [0.15, 0.2) is 5.78 Å². The molecule has 0 heterocycles. The quantitative estimate of drug-likeness (QED) is 0.259. The maximum atomic E-state index is 10.9. The van der Waals surface area contributed by atoms with Crippen molar-refractivity contribution in [2.24, 2.45) is 11.5 Å². The zero-order valence-corrected chi connectivity index (χ0v) is 24.7. The number of aliphatic carboxylic acids is 1. The summed E-state index contributed by atoms with van der Waals surface area (Å²) in [4.78, 5) is 21.6. The predicted molar refractivity (Wildman–Crippen MR) is 164 cm³/mol. The van der Waals surface area contributed by atoms with E-state index in [0.717, 1.165) is 60.6 Å². The molecular formula is C33H46N2O7. The van der Waals surface area contributed by atoms with Gasteiger partial charge in [0, 0.05) is 12.1 Å². The number of aliphatic hydroxyl groups excluding tert-OH is 3. The molecule has 0 amide bonds. The fourth-order valence-electron chi connectivity index (χ4n) is 4.63. The number of hydrogen-bond acceptors (Lipinski definition) is 8. The molecule has 5 rings (SSSR count). The lowest BCUT2D eigenvalue weighted by Crippen LogP contribution is -2.15. The molecule has 2 fully saturated rings. The van der Waals surface area contributed by atoms with Crippen molar-refractivity contribution in [1.29, 1.82) is 0 Å². The molecule has 8 N–H and O–H groups in total. The van der Waals surface area contributed by atoms with Gasteiger partial charge in [-0.05, 0) is 86.4 Å². The zero-order chi connectivity index (χ0) is 31.2. The normalized spacial score (nSPS) is 22.3. The molecule has 2 saturated carbocycles. The lowest BCUT2D eigenvalue weighted by atomic mass is 9.98. The lowest BCUT2D eigenvalue weighted by molar-refractivity contribution is -0.138. The molecule has 9 heteroatoms. The molecular weight excluding hydrogens is 536 g/mol. The fraction of sp³-hybridized carbons (Fsp3) is 0.455. The Kier molecular flexibility index (Phi) is 14.6. The van der Waals surface area contributed by atoms with Crippen LogP contribution in [0.5, 0.6) is 5.75 Å². The van der Waals surface area contributed by atoms with Gasteiger partial charge >= 0.3 is 5.97 Å². The molecule has 3 aromatic rings. The second-order valence-corrected chi connectivity index (χ2v) is 10.9. The van der Waals surface area contributed by atoms with Crippen molar-refractivity contribution in [2.75, 3.05) is 7.11 Å². The number of nitrogens with two attached hydrogens (primary N) is 2. The largest absolute Gasteiger partial charge is 0.497 e. The summed E-state index contributed by atoms with van der Waals surface area (Å²) in [5.41, 5.74) is 12.4. The van der Waals surface area contributed by atoms with Crippen LogP contribution < -0.4 is 16.2 Å². The number of carbonyl (C=O) groups is 2. The first kappa shape index (κ1) is 34.9.